The van der Waals surface area contributed by atoms with E-state index in [1.165, 1.54) is 5.56 Å². The molecule has 0 bridgehead atoms. The third-order valence-electron chi connectivity index (χ3n) is 4.70. The van der Waals surface area contributed by atoms with Crippen molar-refractivity contribution in [1.29, 1.82) is 0 Å². The van der Waals surface area contributed by atoms with E-state index in [0.29, 0.717) is 0 Å². The van der Waals surface area contributed by atoms with E-state index in [0.717, 1.165) is 48.7 Å². The maximum absolute atomic E-state index is 12.1. The van der Waals surface area contributed by atoms with Crippen LogP contribution in [0.5, 0.6) is 11.5 Å². The van der Waals surface area contributed by atoms with E-state index in [1.807, 2.05) is 56.3 Å². The average molecular weight is 370 g/mol. The molecule has 0 atom stereocenters. The molecule has 0 aliphatic heterocycles. The average Bonchev–Trinajstić information content (AvgIpc) is 2.70. The zero-order valence-electron chi connectivity index (χ0n) is 16.7. The molecule has 0 aliphatic rings. The lowest BCUT2D eigenvalue weighted by atomic mass is 10.0. The third-order valence-corrected chi connectivity index (χ3v) is 4.70. The van der Waals surface area contributed by atoms with Gasteiger partial charge in [0.25, 0.3) is 0 Å². The Morgan fingerprint density at radius 2 is 1.56 bits per heavy atom. The van der Waals surface area contributed by atoms with Crippen LogP contribution in [0, 0.1) is 5.92 Å². The van der Waals surface area contributed by atoms with Gasteiger partial charge in [0.05, 0.1) is 14.2 Å². The standard InChI is InChI=1S/C22H30N2O3/c1-5-17(6-2)22(25)24-19-10-8-18(9-11-19)23-14-13-16-7-12-20(26-3)21(15-16)27-4/h7-12,15,17,23H,5-6,13-14H2,1-4H3,(H,24,25). The molecule has 27 heavy (non-hydrogen) atoms. The number of hydrogen-bond acceptors (Lipinski definition) is 4. The predicted octanol–water partition coefficient (Wildman–Crippen LogP) is 4.73. The molecule has 5 heteroatoms. The Labute approximate surface area is 162 Å². The normalized spacial score (nSPS) is 10.6. The minimum absolute atomic E-state index is 0.0734. The molecule has 0 heterocycles. The minimum atomic E-state index is 0.0734. The van der Waals surface area contributed by atoms with Crippen LogP contribution < -0.4 is 20.1 Å². The van der Waals surface area contributed by atoms with Crippen molar-refractivity contribution < 1.29 is 14.3 Å². The van der Waals surface area contributed by atoms with Gasteiger partial charge in [-0.3, -0.25) is 4.79 Å². The second-order valence-electron chi connectivity index (χ2n) is 6.45. The fourth-order valence-corrected chi connectivity index (χ4v) is 2.96. The highest BCUT2D eigenvalue weighted by atomic mass is 16.5. The van der Waals surface area contributed by atoms with Crippen molar-refractivity contribution in [3.05, 3.63) is 48.0 Å². The van der Waals surface area contributed by atoms with Gasteiger partial charge in [0.2, 0.25) is 5.91 Å². The number of hydrogen-bond donors (Lipinski definition) is 2. The van der Waals surface area contributed by atoms with E-state index < -0.39 is 0 Å². The van der Waals surface area contributed by atoms with Gasteiger partial charge in [-0.15, -0.1) is 0 Å². The summed E-state index contributed by atoms with van der Waals surface area (Å²) in [5.41, 5.74) is 3.03. The highest BCUT2D eigenvalue weighted by molar-refractivity contribution is 5.92. The van der Waals surface area contributed by atoms with Crippen LogP contribution in [0.3, 0.4) is 0 Å². The van der Waals surface area contributed by atoms with Gasteiger partial charge in [-0.2, -0.15) is 0 Å². The Morgan fingerprint density at radius 3 is 2.15 bits per heavy atom. The Hall–Kier alpha value is -2.69. The van der Waals surface area contributed by atoms with E-state index in [4.69, 9.17) is 9.47 Å². The number of carbonyl (C=O) groups is 1. The maximum atomic E-state index is 12.1. The van der Waals surface area contributed by atoms with Crippen LogP contribution in [0.2, 0.25) is 0 Å². The molecule has 0 aliphatic carbocycles. The highest BCUT2D eigenvalue weighted by Crippen LogP contribution is 2.27. The Balaban J connectivity index is 1.86. The van der Waals surface area contributed by atoms with Gasteiger partial charge in [0, 0.05) is 23.8 Å². The van der Waals surface area contributed by atoms with Crippen molar-refractivity contribution in [3.63, 3.8) is 0 Å². The number of amides is 1. The molecule has 0 saturated carbocycles. The van der Waals surface area contributed by atoms with Crippen LogP contribution in [0.4, 0.5) is 11.4 Å². The van der Waals surface area contributed by atoms with Crippen molar-refractivity contribution in [3.8, 4) is 11.5 Å². The molecule has 2 aromatic carbocycles. The minimum Gasteiger partial charge on any atom is -0.493 e. The highest BCUT2D eigenvalue weighted by Gasteiger charge is 2.13. The lowest BCUT2D eigenvalue weighted by molar-refractivity contribution is -0.120. The van der Waals surface area contributed by atoms with Crippen LogP contribution in [-0.4, -0.2) is 26.7 Å². The van der Waals surface area contributed by atoms with Gasteiger partial charge in [-0.1, -0.05) is 19.9 Å². The molecule has 2 rings (SSSR count). The summed E-state index contributed by atoms with van der Waals surface area (Å²) in [5.74, 6) is 1.64. The van der Waals surface area contributed by atoms with Crippen molar-refractivity contribution in [2.75, 3.05) is 31.4 Å². The largest absolute Gasteiger partial charge is 0.493 e. The van der Waals surface area contributed by atoms with Crippen LogP contribution in [0.1, 0.15) is 32.3 Å². The van der Waals surface area contributed by atoms with Gasteiger partial charge in [-0.25, -0.2) is 0 Å². The lowest BCUT2D eigenvalue weighted by Gasteiger charge is -2.13. The Kier molecular flexibility index (Phi) is 7.99. The fourth-order valence-electron chi connectivity index (χ4n) is 2.96. The molecule has 0 aromatic heterocycles. The van der Waals surface area contributed by atoms with Crippen LogP contribution in [0.15, 0.2) is 42.5 Å². The molecule has 5 nitrogen and oxygen atoms in total. The molecule has 146 valence electrons. The molecule has 0 spiro atoms. The summed E-state index contributed by atoms with van der Waals surface area (Å²) < 4.78 is 10.6. The molecule has 0 unspecified atom stereocenters. The van der Waals surface area contributed by atoms with Gasteiger partial charge in [0.1, 0.15) is 0 Å². The van der Waals surface area contributed by atoms with Gasteiger partial charge in [-0.05, 0) is 61.2 Å². The van der Waals surface area contributed by atoms with Crippen molar-refractivity contribution >= 4 is 17.3 Å². The van der Waals surface area contributed by atoms with Crippen molar-refractivity contribution in [2.45, 2.75) is 33.1 Å². The van der Waals surface area contributed by atoms with E-state index in [2.05, 4.69) is 10.6 Å². The smallest absolute Gasteiger partial charge is 0.227 e. The second kappa shape index (κ2) is 10.5. The number of benzene rings is 2. The molecular formula is C22H30N2O3. The van der Waals surface area contributed by atoms with Gasteiger partial charge >= 0.3 is 0 Å². The van der Waals surface area contributed by atoms with Crippen LogP contribution in [0.25, 0.3) is 0 Å². The number of carbonyl (C=O) groups excluding carboxylic acids is 1. The fraction of sp³-hybridized carbons (Fsp3) is 0.409. The summed E-state index contributed by atoms with van der Waals surface area (Å²) >= 11 is 0. The molecule has 1 amide bonds. The molecule has 0 saturated heterocycles. The molecule has 2 N–H and O–H groups in total. The van der Waals surface area contributed by atoms with Gasteiger partial charge in [0.15, 0.2) is 11.5 Å². The third kappa shape index (κ3) is 5.91. The molecule has 0 radical (unpaired) electrons. The lowest BCUT2D eigenvalue weighted by Crippen LogP contribution is -2.21. The predicted molar refractivity (Wildman–Crippen MR) is 111 cm³/mol. The zero-order chi connectivity index (χ0) is 19.6. The first-order valence-corrected chi connectivity index (χ1v) is 9.46. The summed E-state index contributed by atoms with van der Waals surface area (Å²) in [6, 6.07) is 13.8. The first-order chi connectivity index (χ1) is 13.1. The molecular weight excluding hydrogens is 340 g/mol. The molecule has 2 aromatic rings. The monoisotopic (exact) mass is 370 g/mol. The molecule has 0 fully saturated rings. The number of anilines is 2. The van der Waals surface area contributed by atoms with E-state index >= 15 is 0 Å². The summed E-state index contributed by atoms with van der Waals surface area (Å²) in [7, 11) is 3.28. The summed E-state index contributed by atoms with van der Waals surface area (Å²) in [6.45, 7) is 4.88. The summed E-state index contributed by atoms with van der Waals surface area (Å²) in [4.78, 5) is 12.1. The second-order valence-corrected chi connectivity index (χ2v) is 6.45. The quantitative estimate of drug-likeness (QED) is 0.634. The van der Waals surface area contributed by atoms with Crippen molar-refractivity contribution in [2.24, 2.45) is 5.92 Å². The first-order valence-electron chi connectivity index (χ1n) is 9.46. The zero-order valence-corrected chi connectivity index (χ0v) is 16.7. The van der Waals surface area contributed by atoms with E-state index in [9.17, 15) is 4.79 Å². The SMILES string of the molecule is CCC(CC)C(=O)Nc1ccc(NCCc2ccc(OC)c(OC)c2)cc1. The number of ether oxygens (including phenoxy) is 2. The number of rotatable bonds is 10. The first kappa shape index (κ1) is 20.6. The number of nitrogens with one attached hydrogen (secondary N) is 2. The summed E-state index contributed by atoms with van der Waals surface area (Å²) in [6.07, 6.45) is 2.59. The van der Waals surface area contributed by atoms with Crippen LogP contribution in [-0.2, 0) is 11.2 Å². The Morgan fingerprint density at radius 1 is 0.926 bits per heavy atom. The maximum Gasteiger partial charge on any atom is 0.227 e. The van der Waals surface area contributed by atoms with E-state index in [-0.39, 0.29) is 11.8 Å². The van der Waals surface area contributed by atoms with Gasteiger partial charge < -0.3 is 20.1 Å². The van der Waals surface area contributed by atoms with E-state index in [1.54, 1.807) is 14.2 Å². The van der Waals surface area contributed by atoms with Crippen molar-refractivity contribution in [1.82, 2.24) is 0 Å². The Bertz CT molecular complexity index is 725. The topological polar surface area (TPSA) is 59.6 Å². The number of methoxy groups -OCH3 is 2. The summed E-state index contributed by atoms with van der Waals surface area (Å²) in [5, 5.41) is 6.38. The van der Waals surface area contributed by atoms with Crippen LogP contribution >= 0.6 is 0 Å².